The minimum absolute atomic E-state index is 0.431. The first-order chi connectivity index (χ1) is 9.86. The SMILES string of the molecule is CNC(c1cccc2ccsc12)C1CN2CCN1CC2. The molecule has 3 aliphatic rings. The molecule has 3 nitrogen and oxygen atoms in total. The maximum atomic E-state index is 3.59. The Balaban J connectivity index is 1.73. The monoisotopic (exact) mass is 287 g/mol. The molecule has 4 heterocycles. The fraction of sp³-hybridized carbons (Fsp3) is 0.500. The Bertz CT molecular complexity index is 601. The third-order valence-corrected chi connectivity index (χ3v) is 5.84. The summed E-state index contributed by atoms with van der Waals surface area (Å²) >= 11 is 1.87. The topological polar surface area (TPSA) is 18.5 Å². The lowest BCUT2D eigenvalue weighted by Crippen LogP contribution is -2.63. The zero-order valence-electron chi connectivity index (χ0n) is 11.9. The minimum atomic E-state index is 0.431. The zero-order valence-corrected chi connectivity index (χ0v) is 12.7. The van der Waals surface area contributed by atoms with E-state index in [0.717, 1.165) is 0 Å². The molecule has 2 unspecified atom stereocenters. The van der Waals surface area contributed by atoms with Crippen molar-refractivity contribution in [1.29, 1.82) is 0 Å². The van der Waals surface area contributed by atoms with Gasteiger partial charge < -0.3 is 5.32 Å². The van der Waals surface area contributed by atoms with Crippen LogP contribution < -0.4 is 5.32 Å². The summed E-state index contributed by atoms with van der Waals surface area (Å²) in [5.74, 6) is 0. The van der Waals surface area contributed by atoms with Gasteiger partial charge in [-0.25, -0.2) is 0 Å². The van der Waals surface area contributed by atoms with Crippen LogP contribution in [0.15, 0.2) is 29.6 Å². The Kier molecular flexibility index (Phi) is 3.27. The van der Waals surface area contributed by atoms with Gasteiger partial charge in [0.05, 0.1) is 6.04 Å². The minimum Gasteiger partial charge on any atom is -0.312 e. The van der Waals surface area contributed by atoms with E-state index >= 15 is 0 Å². The molecule has 3 aliphatic heterocycles. The third-order valence-electron chi connectivity index (χ3n) is 4.86. The van der Waals surface area contributed by atoms with E-state index in [1.807, 2.05) is 11.3 Å². The molecule has 3 fully saturated rings. The summed E-state index contributed by atoms with van der Waals surface area (Å²) in [6, 6.07) is 9.99. The van der Waals surface area contributed by atoms with Gasteiger partial charge in [0.2, 0.25) is 0 Å². The predicted octanol–water partition coefficient (Wildman–Crippen LogP) is 2.16. The van der Waals surface area contributed by atoms with Crippen molar-refractivity contribution in [3.8, 4) is 0 Å². The van der Waals surface area contributed by atoms with E-state index in [2.05, 4.69) is 51.8 Å². The summed E-state index contributed by atoms with van der Waals surface area (Å²) in [5.41, 5.74) is 1.47. The zero-order chi connectivity index (χ0) is 13.5. The van der Waals surface area contributed by atoms with Gasteiger partial charge in [-0.3, -0.25) is 9.80 Å². The van der Waals surface area contributed by atoms with Crippen molar-refractivity contribution in [3.63, 3.8) is 0 Å². The van der Waals surface area contributed by atoms with Gasteiger partial charge in [-0.05, 0) is 29.4 Å². The van der Waals surface area contributed by atoms with Crippen LogP contribution in [0.25, 0.3) is 10.1 Å². The van der Waals surface area contributed by atoms with Gasteiger partial charge in [0, 0.05) is 43.5 Å². The Morgan fingerprint density at radius 3 is 2.75 bits per heavy atom. The number of rotatable bonds is 3. The molecule has 0 radical (unpaired) electrons. The van der Waals surface area contributed by atoms with E-state index in [4.69, 9.17) is 0 Å². The summed E-state index contributed by atoms with van der Waals surface area (Å²) in [6.07, 6.45) is 0. The van der Waals surface area contributed by atoms with Crippen molar-refractivity contribution in [3.05, 3.63) is 35.2 Å². The van der Waals surface area contributed by atoms with E-state index in [9.17, 15) is 0 Å². The van der Waals surface area contributed by atoms with Crippen LogP contribution in [-0.2, 0) is 0 Å². The number of nitrogens with one attached hydrogen (secondary N) is 1. The maximum absolute atomic E-state index is 3.59. The second kappa shape index (κ2) is 5.11. The largest absolute Gasteiger partial charge is 0.312 e. The second-order valence-corrected chi connectivity index (χ2v) is 6.77. The summed E-state index contributed by atoms with van der Waals surface area (Å²) in [6.45, 7) is 6.14. The van der Waals surface area contributed by atoms with Gasteiger partial charge in [-0.2, -0.15) is 0 Å². The molecule has 2 aromatic rings. The molecule has 0 spiro atoms. The molecule has 4 heteroatoms. The molecule has 0 amide bonds. The van der Waals surface area contributed by atoms with E-state index in [-0.39, 0.29) is 0 Å². The van der Waals surface area contributed by atoms with Crippen molar-refractivity contribution in [2.24, 2.45) is 0 Å². The van der Waals surface area contributed by atoms with Crippen LogP contribution in [0, 0.1) is 0 Å². The molecule has 1 aromatic heterocycles. The van der Waals surface area contributed by atoms with E-state index in [1.54, 1.807) is 0 Å². The first kappa shape index (κ1) is 12.8. The van der Waals surface area contributed by atoms with Crippen molar-refractivity contribution in [2.75, 3.05) is 39.8 Å². The quantitative estimate of drug-likeness (QED) is 0.933. The normalized spacial score (nSPS) is 30.8. The number of thiophene rings is 1. The summed E-state index contributed by atoms with van der Waals surface area (Å²) in [4.78, 5) is 5.29. The number of hydrogen-bond donors (Lipinski definition) is 1. The van der Waals surface area contributed by atoms with Crippen LogP contribution in [0.4, 0.5) is 0 Å². The Labute approximate surface area is 124 Å². The highest BCUT2D eigenvalue weighted by atomic mass is 32.1. The molecule has 2 atom stereocenters. The van der Waals surface area contributed by atoms with Crippen molar-refractivity contribution in [2.45, 2.75) is 12.1 Å². The van der Waals surface area contributed by atoms with Crippen LogP contribution in [0.5, 0.6) is 0 Å². The number of hydrogen-bond acceptors (Lipinski definition) is 4. The first-order valence-corrected chi connectivity index (χ1v) is 8.34. The predicted molar refractivity (Wildman–Crippen MR) is 85.4 cm³/mol. The van der Waals surface area contributed by atoms with Crippen LogP contribution in [0.1, 0.15) is 11.6 Å². The smallest absolute Gasteiger partial charge is 0.0502 e. The van der Waals surface area contributed by atoms with Crippen molar-refractivity contribution < 1.29 is 0 Å². The maximum Gasteiger partial charge on any atom is 0.0502 e. The Morgan fingerprint density at radius 1 is 1.20 bits per heavy atom. The van der Waals surface area contributed by atoms with Gasteiger partial charge in [-0.15, -0.1) is 11.3 Å². The molecule has 0 saturated carbocycles. The Hall–Kier alpha value is -0.940. The molecule has 20 heavy (non-hydrogen) atoms. The van der Waals surface area contributed by atoms with Gasteiger partial charge in [0.1, 0.15) is 0 Å². The van der Waals surface area contributed by atoms with Gasteiger partial charge >= 0.3 is 0 Å². The van der Waals surface area contributed by atoms with E-state index < -0.39 is 0 Å². The average Bonchev–Trinajstić information content (AvgIpc) is 2.99. The molecule has 1 N–H and O–H groups in total. The third kappa shape index (κ3) is 1.99. The Morgan fingerprint density at radius 2 is 2.05 bits per heavy atom. The summed E-state index contributed by atoms with van der Waals surface area (Å²) in [5, 5.41) is 7.18. The first-order valence-electron chi connectivity index (χ1n) is 7.46. The number of benzene rings is 1. The fourth-order valence-electron chi connectivity index (χ4n) is 3.79. The van der Waals surface area contributed by atoms with E-state index in [0.29, 0.717) is 12.1 Å². The lowest BCUT2D eigenvalue weighted by atomic mass is 9.93. The highest BCUT2D eigenvalue weighted by Gasteiger charge is 2.37. The van der Waals surface area contributed by atoms with Gasteiger partial charge in [0.25, 0.3) is 0 Å². The molecule has 0 aliphatic carbocycles. The van der Waals surface area contributed by atoms with Crippen LogP contribution in [-0.4, -0.2) is 55.6 Å². The van der Waals surface area contributed by atoms with Crippen LogP contribution in [0.3, 0.4) is 0 Å². The molecule has 1 aromatic carbocycles. The van der Waals surface area contributed by atoms with E-state index in [1.165, 1.54) is 48.4 Å². The van der Waals surface area contributed by atoms with Crippen LogP contribution >= 0.6 is 11.3 Å². The number of nitrogens with zero attached hydrogens (tertiary/aromatic N) is 2. The lowest BCUT2D eigenvalue weighted by Gasteiger charge is -2.50. The summed E-state index contributed by atoms with van der Waals surface area (Å²) < 4.78 is 1.45. The lowest BCUT2D eigenvalue weighted by molar-refractivity contribution is -0.00231. The molecule has 5 rings (SSSR count). The van der Waals surface area contributed by atoms with Gasteiger partial charge in [-0.1, -0.05) is 18.2 Å². The van der Waals surface area contributed by atoms with Crippen molar-refractivity contribution in [1.82, 2.24) is 15.1 Å². The molecule has 106 valence electrons. The molecular formula is C16H21N3S. The second-order valence-electron chi connectivity index (χ2n) is 5.86. The number of likely N-dealkylation sites (N-methyl/N-ethyl adjacent to an activating group) is 1. The molecule has 3 saturated heterocycles. The van der Waals surface area contributed by atoms with Gasteiger partial charge in [0.15, 0.2) is 0 Å². The highest BCUT2D eigenvalue weighted by Crippen LogP contribution is 2.33. The fourth-order valence-corrected chi connectivity index (χ4v) is 4.74. The molecular weight excluding hydrogens is 266 g/mol. The highest BCUT2D eigenvalue weighted by molar-refractivity contribution is 7.17. The summed E-state index contributed by atoms with van der Waals surface area (Å²) in [7, 11) is 2.11. The molecule has 2 bridgehead atoms. The average molecular weight is 287 g/mol. The van der Waals surface area contributed by atoms with Crippen LogP contribution in [0.2, 0.25) is 0 Å². The number of fused-ring (bicyclic) bond motifs is 4. The van der Waals surface area contributed by atoms with Crippen molar-refractivity contribution >= 4 is 21.4 Å². The standard InChI is InChI=1S/C16H21N3S/c1-17-15(14-11-18-6-8-19(14)9-7-18)13-4-2-3-12-5-10-20-16(12)13/h2-5,10,14-15,17H,6-9,11H2,1H3. The number of piperazine rings is 3.